The fraction of sp³-hybridized carbons (Fsp3) is 0.419. The number of anilines is 3. The van der Waals surface area contributed by atoms with Crippen LogP contribution in [0.15, 0.2) is 54.7 Å². The molecular weight excluding hydrogens is 587 g/mol. The first-order valence-electron chi connectivity index (χ1n) is 15.1. The van der Waals surface area contributed by atoms with E-state index in [1.807, 2.05) is 24.3 Å². The number of nitrogens with one attached hydrogen (secondary N) is 3. The van der Waals surface area contributed by atoms with Crippen molar-refractivity contribution in [1.82, 2.24) is 30.0 Å². The predicted octanol–water partition coefficient (Wildman–Crippen LogP) is 4.88. The summed E-state index contributed by atoms with van der Waals surface area (Å²) in [6.07, 6.45) is -1.93. The Morgan fingerprint density at radius 3 is 2.18 bits per heavy atom. The fourth-order valence-electron chi connectivity index (χ4n) is 6.56. The highest BCUT2D eigenvalue weighted by Gasteiger charge is 2.54. The van der Waals surface area contributed by atoms with Gasteiger partial charge < -0.3 is 25.2 Å². The summed E-state index contributed by atoms with van der Waals surface area (Å²) in [5, 5.41) is 12.6. The third kappa shape index (κ3) is 6.04. The number of hydrogen-bond donors (Lipinski definition) is 3. The normalized spacial score (nSPS) is 21.6. The molecule has 45 heavy (non-hydrogen) atoms. The first kappa shape index (κ1) is 29.4. The Morgan fingerprint density at radius 2 is 1.56 bits per heavy atom. The van der Waals surface area contributed by atoms with Crippen molar-refractivity contribution in [3.63, 3.8) is 0 Å². The molecule has 3 atom stereocenters. The molecule has 0 radical (unpaired) electrons. The summed E-state index contributed by atoms with van der Waals surface area (Å²) in [5.74, 6) is 0.132. The first-order chi connectivity index (χ1) is 21.7. The van der Waals surface area contributed by atoms with Crippen LogP contribution in [0.3, 0.4) is 0 Å². The number of carbonyl (C=O) groups excluding carboxylic acids is 1. The third-order valence-corrected chi connectivity index (χ3v) is 8.90. The minimum Gasteiger partial charge on any atom is -0.378 e. The van der Waals surface area contributed by atoms with E-state index in [0.717, 1.165) is 31.9 Å². The van der Waals surface area contributed by atoms with E-state index in [1.54, 1.807) is 24.3 Å². The number of urea groups is 1. The minimum absolute atomic E-state index is 0.129. The second-order valence-corrected chi connectivity index (χ2v) is 11.9. The molecule has 2 bridgehead atoms. The van der Waals surface area contributed by atoms with E-state index in [2.05, 4.69) is 47.6 Å². The zero-order chi connectivity index (χ0) is 31.1. The quantitative estimate of drug-likeness (QED) is 0.279. The number of H-pyrrole nitrogens is 1. The van der Waals surface area contributed by atoms with Gasteiger partial charge >= 0.3 is 12.2 Å². The molecule has 3 aliphatic rings. The smallest absolute Gasteiger partial charge is 0.378 e. The maximum absolute atomic E-state index is 14.8. The van der Waals surface area contributed by atoms with E-state index in [9.17, 15) is 18.0 Å². The number of likely N-dealkylation sites (N-methyl/N-ethyl adjacent to an activating group) is 1. The van der Waals surface area contributed by atoms with Crippen LogP contribution in [0.4, 0.5) is 35.0 Å². The summed E-state index contributed by atoms with van der Waals surface area (Å²) in [7, 11) is 2.11. The van der Waals surface area contributed by atoms with Crippen LogP contribution in [-0.2, 0) is 4.74 Å². The van der Waals surface area contributed by atoms with E-state index in [4.69, 9.17) is 4.74 Å². The topological polar surface area (TPSA) is 115 Å². The van der Waals surface area contributed by atoms with Gasteiger partial charge in [-0.05, 0) is 68.4 Å². The molecule has 2 amide bonds. The van der Waals surface area contributed by atoms with Crippen LogP contribution in [-0.4, -0.2) is 101 Å². The Balaban J connectivity index is 1.07. The highest BCUT2D eigenvalue weighted by atomic mass is 19.4. The van der Waals surface area contributed by atoms with Crippen LogP contribution < -0.4 is 15.5 Å². The molecule has 0 aliphatic carbocycles. The van der Waals surface area contributed by atoms with Crippen molar-refractivity contribution < 1.29 is 22.7 Å². The van der Waals surface area contributed by atoms with Gasteiger partial charge in [-0.3, -0.25) is 10.00 Å². The zero-order valence-electron chi connectivity index (χ0n) is 24.7. The number of fused-ring (bicyclic) bond motifs is 3. The zero-order valence-corrected chi connectivity index (χ0v) is 24.7. The van der Waals surface area contributed by atoms with Crippen LogP contribution in [0, 0.1) is 0 Å². The minimum atomic E-state index is -4.57. The van der Waals surface area contributed by atoms with Crippen LogP contribution in [0.25, 0.3) is 22.4 Å². The van der Waals surface area contributed by atoms with E-state index in [0.29, 0.717) is 29.8 Å². The third-order valence-electron chi connectivity index (χ3n) is 8.90. The molecule has 3 saturated heterocycles. The number of hydrogen-bond acceptors (Lipinski definition) is 8. The van der Waals surface area contributed by atoms with Gasteiger partial charge in [-0.15, -0.1) is 0 Å². The highest BCUT2D eigenvalue weighted by Crippen LogP contribution is 2.46. The maximum atomic E-state index is 14.8. The molecule has 3 fully saturated rings. The Bertz CT molecular complexity index is 1640. The van der Waals surface area contributed by atoms with E-state index < -0.39 is 18.2 Å². The molecule has 2 aromatic carbocycles. The van der Waals surface area contributed by atoms with Gasteiger partial charge in [0.2, 0.25) is 0 Å². The van der Waals surface area contributed by atoms with Gasteiger partial charge in [0.05, 0.1) is 30.5 Å². The summed E-state index contributed by atoms with van der Waals surface area (Å²) in [4.78, 5) is 27.8. The van der Waals surface area contributed by atoms with E-state index in [-0.39, 0.29) is 47.8 Å². The number of halogens is 3. The number of amides is 2. The van der Waals surface area contributed by atoms with Gasteiger partial charge in [-0.2, -0.15) is 18.3 Å². The molecule has 3 N–H and O–H groups in total. The first-order valence-corrected chi connectivity index (χ1v) is 15.1. The summed E-state index contributed by atoms with van der Waals surface area (Å²) in [6, 6.07) is 11.4. The number of nitrogens with zero attached hydrogens (tertiary/aromatic N) is 6. The molecule has 14 heteroatoms. The van der Waals surface area contributed by atoms with Gasteiger partial charge in [0.25, 0.3) is 0 Å². The highest BCUT2D eigenvalue weighted by molar-refractivity contribution is 6.00. The number of morpholine rings is 1. The fourth-order valence-corrected chi connectivity index (χ4v) is 6.56. The van der Waals surface area contributed by atoms with Gasteiger partial charge in [-0.1, -0.05) is 0 Å². The molecule has 0 saturated carbocycles. The second-order valence-electron chi connectivity index (χ2n) is 11.9. The molecule has 2 aromatic heterocycles. The molecular formula is C31H34F3N9O2. The molecule has 3 unspecified atom stereocenters. The van der Waals surface area contributed by atoms with E-state index in [1.165, 1.54) is 11.1 Å². The van der Waals surface area contributed by atoms with Crippen LogP contribution in [0.2, 0.25) is 0 Å². The summed E-state index contributed by atoms with van der Waals surface area (Å²) >= 11 is 0. The number of piperazine rings is 1. The number of benzene rings is 2. The van der Waals surface area contributed by atoms with Crippen molar-refractivity contribution in [2.75, 3.05) is 62.0 Å². The number of aromatic amines is 1. The molecule has 5 heterocycles. The largest absolute Gasteiger partial charge is 0.409 e. The standard InChI is InChI=1S/C31H34F3N9O2/c1-41-12-14-42(15-13-41)22-8-6-21(7-9-22)37-30(44)36-20-4-2-19(3-5-20)28-38-26(25-16-35-40-29(25)39-28)27(31(32,33)34)43-23-10-11-24(43)18-45-17-23/h2-9,16,23-24,27H,10-15,17-18H2,1H3,(H2,36,37,44)(H,35,38,39,40). The number of carbonyl (C=O) groups is 1. The number of alkyl halides is 3. The lowest BCUT2D eigenvalue weighted by Crippen LogP contribution is -2.52. The van der Waals surface area contributed by atoms with Gasteiger partial charge in [0.15, 0.2) is 17.5 Å². The van der Waals surface area contributed by atoms with E-state index >= 15 is 0 Å². The lowest BCUT2D eigenvalue weighted by molar-refractivity contribution is -0.207. The van der Waals surface area contributed by atoms with Crippen molar-refractivity contribution in [2.45, 2.75) is 37.1 Å². The van der Waals surface area contributed by atoms with Crippen LogP contribution in [0.1, 0.15) is 24.6 Å². The molecule has 4 aromatic rings. The Morgan fingerprint density at radius 1 is 0.933 bits per heavy atom. The number of aromatic nitrogens is 4. The molecule has 0 spiro atoms. The summed E-state index contributed by atoms with van der Waals surface area (Å²) in [6.45, 7) is 4.46. The van der Waals surface area contributed by atoms with Gasteiger partial charge in [0.1, 0.15) is 0 Å². The average Bonchev–Trinajstić information content (AvgIpc) is 3.58. The lowest BCUT2D eigenvalue weighted by atomic mass is 10.0. The number of ether oxygens (including phenoxy) is 1. The summed E-state index contributed by atoms with van der Waals surface area (Å²) < 4.78 is 49.8. The molecule has 7 rings (SSSR count). The van der Waals surface area contributed by atoms with Gasteiger partial charge in [0, 0.05) is 60.9 Å². The molecule has 236 valence electrons. The average molecular weight is 622 g/mol. The Kier molecular flexibility index (Phi) is 7.79. The summed E-state index contributed by atoms with van der Waals surface area (Å²) in [5.41, 5.74) is 2.88. The SMILES string of the molecule is CN1CCN(c2ccc(NC(=O)Nc3ccc(-c4nc(C(N5C6CCC5COC6)C(F)(F)F)c5cn[nH]c5n4)cc3)cc2)CC1. The Hall–Kier alpha value is -4.27. The molecule has 11 nitrogen and oxygen atoms in total. The van der Waals surface area contributed by atoms with Crippen LogP contribution in [0.5, 0.6) is 0 Å². The van der Waals surface area contributed by atoms with Crippen molar-refractivity contribution in [3.05, 3.63) is 60.4 Å². The lowest BCUT2D eigenvalue weighted by Gasteiger charge is -2.41. The monoisotopic (exact) mass is 621 g/mol. The second kappa shape index (κ2) is 11.9. The predicted molar refractivity (Wildman–Crippen MR) is 164 cm³/mol. The van der Waals surface area contributed by atoms with Crippen molar-refractivity contribution in [1.29, 1.82) is 0 Å². The van der Waals surface area contributed by atoms with Crippen molar-refractivity contribution >= 4 is 34.1 Å². The van der Waals surface area contributed by atoms with Crippen molar-refractivity contribution in [2.24, 2.45) is 0 Å². The molecule has 3 aliphatic heterocycles. The maximum Gasteiger partial charge on any atom is 0.409 e. The van der Waals surface area contributed by atoms with Crippen LogP contribution >= 0.6 is 0 Å². The number of rotatable bonds is 6. The van der Waals surface area contributed by atoms with Crippen molar-refractivity contribution in [3.8, 4) is 11.4 Å². The van der Waals surface area contributed by atoms with Gasteiger partial charge in [-0.25, -0.2) is 14.8 Å². The Labute approximate surface area is 257 Å².